The number of ether oxygens (including phenoxy) is 4. The Bertz CT molecular complexity index is 523. The highest BCUT2D eigenvalue weighted by atomic mass is 32.2. The third kappa shape index (κ3) is 8.32. The predicted molar refractivity (Wildman–Crippen MR) is 115 cm³/mol. The molecule has 2 atom stereocenters. The van der Waals surface area contributed by atoms with Crippen LogP contribution in [0, 0.1) is 0 Å². The highest BCUT2D eigenvalue weighted by molar-refractivity contribution is 7.98. The van der Waals surface area contributed by atoms with E-state index in [-0.39, 0.29) is 11.2 Å². The van der Waals surface area contributed by atoms with Crippen LogP contribution in [0.25, 0.3) is 0 Å². The maximum Gasteiger partial charge on any atom is 0.122 e. The summed E-state index contributed by atoms with van der Waals surface area (Å²) in [5, 5.41) is 0. The molecule has 0 aliphatic carbocycles. The molecule has 0 N–H and O–H groups in total. The molecule has 0 fully saturated rings. The fourth-order valence-electron chi connectivity index (χ4n) is 2.72. The molecule has 0 heterocycles. The molecular formula is C22H38O4S. The van der Waals surface area contributed by atoms with Gasteiger partial charge in [0.15, 0.2) is 0 Å². The summed E-state index contributed by atoms with van der Waals surface area (Å²) in [6, 6.07) is 6.04. The Balaban J connectivity index is 2.46. The van der Waals surface area contributed by atoms with Gasteiger partial charge in [-0.25, -0.2) is 0 Å². The largest absolute Gasteiger partial charge is 0.497 e. The zero-order valence-corrected chi connectivity index (χ0v) is 19.0. The number of hydrogen-bond donors (Lipinski definition) is 0. The van der Waals surface area contributed by atoms with Crippen LogP contribution >= 0.6 is 11.8 Å². The molecule has 27 heavy (non-hydrogen) atoms. The zero-order valence-electron chi connectivity index (χ0n) is 18.2. The molecule has 0 aliphatic rings. The van der Waals surface area contributed by atoms with E-state index < -0.39 is 0 Å². The number of benzene rings is 1. The Morgan fingerprint density at radius 3 is 1.93 bits per heavy atom. The first-order valence-electron chi connectivity index (χ1n) is 9.82. The van der Waals surface area contributed by atoms with Crippen molar-refractivity contribution in [3.05, 3.63) is 23.8 Å². The Morgan fingerprint density at radius 2 is 1.44 bits per heavy atom. The first kappa shape index (κ1) is 24.1. The molecule has 5 heteroatoms. The molecule has 1 aromatic carbocycles. The van der Waals surface area contributed by atoms with Gasteiger partial charge in [-0.1, -0.05) is 13.8 Å². The van der Waals surface area contributed by atoms with Crippen LogP contribution in [-0.2, 0) is 15.2 Å². The van der Waals surface area contributed by atoms with E-state index >= 15 is 0 Å². The van der Waals surface area contributed by atoms with Crippen molar-refractivity contribution in [3.8, 4) is 11.5 Å². The SMILES string of the molecule is CCC(C)(CCOC(C)(CC)CCSCc1cc(OC)cc(OC)c1)OC. The van der Waals surface area contributed by atoms with Gasteiger partial charge in [0.1, 0.15) is 11.5 Å². The molecule has 4 nitrogen and oxygen atoms in total. The average Bonchev–Trinajstić information content (AvgIpc) is 2.70. The van der Waals surface area contributed by atoms with Crippen LogP contribution < -0.4 is 9.47 Å². The molecule has 0 saturated carbocycles. The molecule has 2 unspecified atom stereocenters. The van der Waals surface area contributed by atoms with Gasteiger partial charge < -0.3 is 18.9 Å². The lowest BCUT2D eigenvalue weighted by Crippen LogP contribution is -2.33. The van der Waals surface area contributed by atoms with E-state index in [1.807, 2.05) is 17.8 Å². The second-order valence-corrected chi connectivity index (χ2v) is 8.54. The van der Waals surface area contributed by atoms with E-state index in [1.54, 1.807) is 21.3 Å². The number of thioether (sulfide) groups is 1. The summed E-state index contributed by atoms with van der Waals surface area (Å²) in [6.45, 7) is 9.47. The lowest BCUT2D eigenvalue weighted by molar-refractivity contribution is -0.0754. The van der Waals surface area contributed by atoms with E-state index in [2.05, 4.69) is 39.8 Å². The van der Waals surface area contributed by atoms with Crippen molar-refractivity contribution < 1.29 is 18.9 Å². The lowest BCUT2D eigenvalue weighted by atomic mass is 9.97. The van der Waals surface area contributed by atoms with Gasteiger partial charge >= 0.3 is 0 Å². The van der Waals surface area contributed by atoms with Crippen LogP contribution in [-0.4, -0.2) is 44.9 Å². The van der Waals surface area contributed by atoms with Gasteiger partial charge in [-0.3, -0.25) is 0 Å². The maximum absolute atomic E-state index is 6.27. The molecule has 1 aromatic rings. The third-order valence-corrected chi connectivity index (χ3v) is 6.56. The van der Waals surface area contributed by atoms with Crippen LogP contribution in [0.5, 0.6) is 11.5 Å². The normalized spacial score (nSPS) is 15.8. The molecular weight excluding hydrogens is 360 g/mol. The Labute approximate surface area is 170 Å². The first-order valence-corrected chi connectivity index (χ1v) is 11.0. The molecule has 0 radical (unpaired) electrons. The fraction of sp³-hybridized carbons (Fsp3) is 0.727. The second-order valence-electron chi connectivity index (χ2n) is 7.43. The predicted octanol–water partition coefficient (Wildman–Crippen LogP) is 5.72. The minimum atomic E-state index is -0.0885. The summed E-state index contributed by atoms with van der Waals surface area (Å²) in [4.78, 5) is 0. The summed E-state index contributed by atoms with van der Waals surface area (Å²) < 4.78 is 22.6. The summed E-state index contributed by atoms with van der Waals surface area (Å²) in [6.07, 6.45) is 3.96. The van der Waals surface area contributed by atoms with Crippen LogP contribution in [0.1, 0.15) is 58.9 Å². The summed E-state index contributed by atoms with van der Waals surface area (Å²) in [5.41, 5.74) is 1.05. The van der Waals surface area contributed by atoms with Gasteiger partial charge in [0, 0.05) is 18.9 Å². The third-order valence-electron chi connectivity index (χ3n) is 5.53. The molecule has 0 aliphatic heterocycles. The first-order chi connectivity index (χ1) is 12.8. The van der Waals surface area contributed by atoms with Crippen molar-refractivity contribution in [1.29, 1.82) is 0 Å². The van der Waals surface area contributed by atoms with Crippen LogP contribution in [0.2, 0.25) is 0 Å². The van der Waals surface area contributed by atoms with E-state index in [1.165, 1.54) is 5.56 Å². The Kier molecular flexibility index (Phi) is 10.6. The maximum atomic E-state index is 6.27. The Hall–Kier alpha value is -0.910. The zero-order chi connectivity index (χ0) is 20.3. The molecule has 0 spiro atoms. The summed E-state index contributed by atoms with van der Waals surface area (Å²) in [7, 11) is 5.15. The van der Waals surface area contributed by atoms with Gasteiger partial charge in [-0.05, 0) is 63.0 Å². The highest BCUT2D eigenvalue weighted by Crippen LogP contribution is 2.28. The van der Waals surface area contributed by atoms with Crippen molar-refractivity contribution >= 4 is 11.8 Å². The minimum absolute atomic E-state index is 0.0819. The van der Waals surface area contributed by atoms with E-state index in [0.29, 0.717) is 0 Å². The highest BCUT2D eigenvalue weighted by Gasteiger charge is 2.26. The number of methoxy groups -OCH3 is 3. The van der Waals surface area contributed by atoms with Crippen LogP contribution in [0.3, 0.4) is 0 Å². The van der Waals surface area contributed by atoms with E-state index in [9.17, 15) is 0 Å². The summed E-state index contributed by atoms with van der Waals surface area (Å²) in [5.74, 6) is 3.66. The second kappa shape index (κ2) is 11.8. The molecule has 156 valence electrons. The molecule has 0 saturated heterocycles. The van der Waals surface area contributed by atoms with Crippen molar-refractivity contribution in [2.24, 2.45) is 0 Å². The van der Waals surface area contributed by atoms with Crippen molar-refractivity contribution in [2.75, 3.05) is 33.7 Å². The van der Waals surface area contributed by atoms with E-state index in [4.69, 9.17) is 18.9 Å². The average molecular weight is 399 g/mol. The molecule has 0 bridgehead atoms. The van der Waals surface area contributed by atoms with Gasteiger partial charge in [-0.2, -0.15) is 11.8 Å². The smallest absolute Gasteiger partial charge is 0.122 e. The lowest BCUT2D eigenvalue weighted by Gasteiger charge is -2.32. The topological polar surface area (TPSA) is 36.9 Å². The fourth-order valence-corrected chi connectivity index (χ4v) is 3.84. The van der Waals surface area contributed by atoms with Gasteiger partial charge in [0.2, 0.25) is 0 Å². The molecule has 0 amide bonds. The standard InChI is InChI=1S/C22H38O4S/c1-8-21(3,25-7)10-12-26-22(4,9-2)11-13-27-17-18-14-19(23-5)16-20(15-18)24-6/h14-16H,8-13,17H2,1-7H3. The van der Waals surface area contributed by atoms with Crippen molar-refractivity contribution in [3.63, 3.8) is 0 Å². The number of rotatable bonds is 14. The minimum Gasteiger partial charge on any atom is -0.497 e. The van der Waals surface area contributed by atoms with Crippen molar-refractivity contribution in [1.82, 2.24) is 0 Å². The monoisotopic (exact) mass is 398 g/mol. The van der Waals surface area contributed by atoms with Crippen molar-refractivity contribution in [2.45, 2.75) is 70.3 Å². The molecule has 1 rings (SSSR count). The Morgan fingerprint density at radius 1 is 0.852 bits per heavy atom. The van der Waals surface area contributed by atoms with Gasteiger partial charge in [0.25, 0.3) is 0 Å². The quantitative estimate of drug-likeness (QED) is 0.375. The van der Waals surface area contributed by atoms with Crippen LogP contribution in [0.15, 0.2) is 18.2 Å². The van der Waals surface area contributed by atoms with E-state index in [0.717, 1.165) is 55.3 Å². The summed E-state index contributed by atoms with van der Waals surface area (Å²) >= 11 is 1.92. The van der Waals surface area contributed by atoms with Crippen LogP contribution in [0.4, 0.5) is 0 Å². The van der Waals surface area contributed by atoms with Gasteiger partial charge in [0.05, 0.1) is 32.0 Å². The number of hydrogen-bond acceptors (Lipinski definition) is 5. The van der Waals surface area contributed by atoms with Gasteiger partial charge in [-0.15, -0.1) is 0 Å². The molecule has 0 aromatic heterocycles.